The molecule has 0 N–H and O–H groups in total. The zero-order chi connectivity index (χ0) is 14.7. The topological polar surface area (TPSA) is 29.5 Å². The molecule has 0 saturated carbocycles. The normalized spacial score (nSPS) is 16.3. The first-order valence-electron chi connectivity index (χ1n) is 7.12. The molecule has 110 valence electrons. The number of piperidine rings is 1. The number of halogens is 1. The lowest BCUT2D eigenvalue weighted by atomic mass is 9.98. The minimum atomic E-state index is 0.162. The standard InChI is InChI=1S/C16H22ClNO2/c1-11-4-6-18(7-5-11)16(19)10-13-9-14(17)12(2)8-15(13)20-3/h8-9,11H,4-7,10H2,1-3H3. The smallest absolute Gasteiger partial charge is 0.227 e. The van der Waals surface area contributed by atoms with E-state index >= 15 is 0 Å². The van der Waals surface area contributed by atoms with Crippen LogP contribution in [0.4, 0.5) is 0 Å². The molecule has 20 heavy (non-hydrogen) atoms. The predicted molar refractivity (Wildman–Crippen MR) is 81.4 cm³/mol. The highest BCUT2D eigenvalue weighted by molar-refractivity contribution is 6.31. The number of amides is 1. The van der Waals surface area contributed by atoms with Crippen molar-refractivity contribution < 1.29 is 9.53 Å². The first kappa shape index (κ1) is 15.2. The van der Waals surface area contributed by atoms with Gasteiger partial charge < -0.3 is 9.64 Å². The first-order chi connectivity index (χ1) is 9.51. The fourth-order valence-electron chi connectivity index (χ4n) is 2.56. The van der Waals surface area contributed by atoms with Crippen LogP contribution in [0.5, 0.6) is 5.75 Å². The number of ether oxygens (including phenoxy) is 1. The maximum atomic E-state index is 12.4. The third-order valence-electron chi connectivity index (χ3n) is 4.04. The summed E-state index contributed by atoms with van der Waals surface area (Å²) in [6.07, 6.45) is 2.55. The monoisotopic (exact) mass is 295 g/mol. The molecule has 1 saturated heterocycles. The third kappa shape index (κ3) is 3.45. The van der Waals surface area contributed by atoms with Gasteiger partial charge in [0.15, 0.2) is 0 Å². The van der Waals surface area contributed by atoms with Crippen molar-refractivity contribution in [1.82, 2.24) is 4.90 Å². The van der Waals surface area contributed by atoms with Crippen molar-refractivity contribution in [1.29, 1.82) is 0 Å². The van der Waals surface area contributed by atoms with E-state index in [2.05, 4.69) is 6.92 Å². The Hall–Kier alpha value is -1.22. The number of likely N-dealkylation sites (tertiary alicyclic amines) is 1. The van der Waals surface area contributed by atoms with Crippen LogP contribution >= 0.6 is 11.6 Å². The number of rotatable bonds is 3. The summed E-state index contributed by atoms with van der Waals surface area (Å²) in [5, 5.41) is 0.681. The minimum absolute atomic E-state index is 0.162. The average Bonchev–Trinajstić information content (AvgIpc) is 2.43. The largest absolute Gasteiger partial charge is 0.496 e. The Balaban J connectivity index is 2.09. The Bertz CT molecular complexity index is 493. The van der Waals surface area contributed by atoms with Crippen LogP contribution in [0.3, 0.4) is 0 Å². The molecule has 4 heteroatoms. The minimum Gasteiger partial charge on any atom is -0.496 e. The molecule has 1 aromatic rings. The van der Waals surface area contributed by atoms with Gasteiger partial charge in [-0.2, -0.15) is 0 Å². The molecule has 0 radical (unpaired) electrons. The highest BCUT2D eigenvalue weighted by Gasteiger charge is 2.21. The van der Waals surface area contributed by atoms with Gasteiger partial charge in [0.25, 0.3) is 0 Å². The summed E-state index contributed by atoms with van der Waals surface area (Å²) in [6.45, 7) is 5.90. The number of carbonyl (C=O) groups is 1. The fraction of sp³-hybridized carbons (Fsp3) is 0.562. The fourth-order valence-corrected chi connectivity index (χ4v) is 2.74. The second kappa shape index (κ2) is 6.49. The quantitative estimate of drug-likeness (QED) is 0.855. The number of carbonyl (C=O) groups excluding carboxylic acids is 1. The molecule has 3 nitrogen and oxygen atoms in total. The van der Waals surface area contributed by atoms with E-state index in [0.29, 0.717) is 11.4 Å². The van der Waals surface area contributed by atoms with Crippen LogP contribution in [-0.4, -0.2) is 31.0 Å². The Labute approximate surface area is 125 Å². The summed E-state index contributed by atoms with van der Waals surface area (Å²) in [5.74, 6) is 1.63. The molecule has 0 unspecified atom stereocenters. The lowest BCUT2D eigenvalue weighted by Crippen LogP contribution is -2.38. The molecule has 1 aliphatic heterocycles. The summed E-state index contributed by atoms with van der Waals surface area (Å²) < 4.78 is 5.36. The van der Waals surface area contributed by atoms with Crippen molar-refractivity contribution in [3.05, 3.63) is 28.3 Å². The maximum absolute atomic E-state index is 12.4. The van der Waals surface area contributed by atoms with Crippen LogP contribution < -0.4 is 4.74 Å². The number of benzene rings is 1. The summed E-state index contributed by atoms with van der Waals surface area (Å²) in [7, 11) is 1.62. The second-order valence-electron chi connectivity index (χ2n) is 5.65. The van der Waals surface area contributed by atoms with E-state index in [0.717, 1.165) is 48.7 Å². The molecule has 1 aromatic carbocycles. The highest BCUT2D eigenvalue weighted by Crippen LogP contribution is 2.27. The van der Waals surface area contributed by atoms with Crippen LogP contribution in [0.2, 0.25) is 5.02 Å². The number of methoxy groups -OCH3 is 1. The van der Waals surface area contributed by atoms with Gasteiger partial charge in [0.05, 0.1) is 13.5 Å². The van der Waals surface area contributed by atoms with Gasteiger partial charge in [0.2, 0.25) is 5.91 Å². The Morgan fingerprint density at radius 3 is 2.65 bits per heavy atom. The molecule has 0 atom stereocenters. The van der Waals surface area contributed by atoms with Gasteiger partial charge in [-0.3, -0.25) is 4.79 Å². The lowest BCUT2D eigenvalue weighted by Gasteiger charge is -2.30. The van der Waals surface area contributed by atoms with Crippen LogP contribution in [0, 0.1) is 12.8 Å². The molecule has 0 aliphatic carbocycles. The molecule has 1 fully saturated rings. The number of hydrogen-bond donors (Lipinski definition) is 0. The van der Waals surface area contributed by atoms with Crippen molar-refractivity contribution >= 4 is 17.5 Å². The summed E-state index contributed by atoms with van der Waals surface area (Å²) in [5.41, 5.74) is 1.83. The second-order valence-corrected chi connectivity index (χ2v) is 6.06. The Kier molecular flexibility index (Phi) is 4.92. The molecule has 1 amide bonds. The van der Waals surface area contributed by atoms with Crippen molar-refractivity contribution in [3.8, 4) is 5.75 Å². The Morgan fingerprint density at radius 2 is 2.05 bits per heavy atom. The van der Waals surface area contributed by atoms with Gasteiger partial charge in [-0.05, 0) is 43.4 Å². The van der Waals surface area contributed by atoms with E-state index < -0.39 is 0 Å². The molecule has 1 aliphatic rings. The summed E-state index contributed by atoms with van der Waals surface area (Å²) in [4.78, 5) is 14.3. The molecule has 0 spiro atoms. The third-order valence-corrected chi connectivity index (χ3v) is 4.45. The molecule has 0 bridgehead atoms. The lowest BCUT2D eigenvalue weighted by molar-refractivity contribution is -0.131. The predicted octanol–water partition coefficient (Wildman–Crippen LogP) is 3.46. The van der Waals surface area contributed by atoms with E-state index in [-0.39, 0.29) is 5.91 Å². The van der Waals surface area contributed by atoms with E-state index in [4.69, 9.17) is 16.3 Å². The van der Waals surface area contributed by atoms with E-state index in [1.807, 2.05) is 24.0 Å². The zero-order valence-electron chi connectivity index (χ0n) is 12.4. The van der Waals surface area contributed by atoms with Gasteiger partial charge in [0, 0.05) is 23.7 Å². The van der Waals surface area contributed by atoms with Gasteiger partial charge in [-0.1, -0.05) is 18.5 Å². The molecule has 2 rings (SSSR count). The van der Waals surface area contributed by atoms with Gasteiger partial charge in [0.1, 0.15) is 5.75 Å². The number of hydrogen-bond acceptors (Lipinski definition) is 2. The van der Waals surface area contributed by atoms with Gasteiger partial charge in [-0.15, -0.1) is 0 Å². The Morgan fingerprint density at radius 1 is 1.40 bits per heavy atom. The maximum Gasteiger partial charge on any atom is 0.227 e. The van der Waals surface area contributed by atoms with Crippen LogP contribution in [-0.2, 0) is 11.2 Å². The zero-order valence-corrected chi connectivity index (χ0v) is 13.2. The molecule has 1 heterocycles. The average molecular weight is 296 g/mol. The molecular formula is C16H22ClNO2. The highest BCUT2D eigenvalue weighted by atomic mass is 35.5. The van der Waals surface area contributed by atoms with E-state index in [1.54, 1.807) is 7.11 Å². The number of nitrogens with zero attached hydrogens (tertiary/aromatic N) is 1. The van der Waals surface area contributed by atoms with E-state index in [9.17, 15) is 4.79 Å². The van der Waals surface area contributed by atoms with Crippen molar-refractivity contribution in [2.24, 2.45) is 5.92 Å². The first-order valence-corrected chi connectivity index (χ1v) is 7.50. The van der Waals surface area contributed by atoms with Crippen LogP contribution in [0.15, 0.2) is 12.1 Å². The summed E-state index contributed by atoms with van der Waals surface area (Å²) in [6, 6.07) is 3.74. The number of aryl methyl sites for hydroxylation is 1. The van der Waals surface area contributed by atoms with Crippen LogP contribution in [0.25, 0.3) is 0 Å². The summed E-state index contributed by atoms with van der Waals surface area (Å²) >= 11 is 6.15. The SMILES string of the molecule is COc1cc(C)c(Cl)cc1CC(=O)N1CCC(C)CC1. The van der Waals surface area contributed by atoms with Crippen LogP contribution in [0.1, 0.15) is 30.9 Å². The van der Waals surface area contributed by atoms with Gasteiger partial charge in [-0.25, -0.2) is 0 Å². The molecular weight excluding hydrogens is 274 g/mol. The van der Waals surface area contributed by atoms with Crippen molar-refractivity contribution in [2.75, 3.05) is 20.2 Å². The molecule has 0 aromatic heterocycles. The van der Waals surface area contributed by atoms with Crippen molar-refractivity contribution in [2.45, 2.75) is 33.1 Å². The van der Waals surface area contributed by atoms with E-state index in [1.165, 1.54) is 0 Å². The van der Waals surface area contributed by atoms with Crippen molar-refractivity contribution in [3.63, 3.8) is 0 Å². The van der Waals surface area contributed by atoms with Gasteiger partial charge >= 0.3 is 0 Å².